The van der Waals surface area contributed by atoms with Crippen LogP contribution in [0.4, 0.5) is 5.69 Å². The molecule has 1 saturated heterocycles. The van der Waals surface area contributed by atoms with Gasteiger partial charge >= 0.3 is 5.97 Å². The topological polar surface area (TPSA) is 117 Å². The highest BCUT2D eigenvalue weighted by molar-refractivity contribution is 7.89. The minimum absolute atomic E-state index is 0.174. The number of carboxylic acid groups (broad SMARTS) is 1. The van der Waals surface area contributed by atoms with Gasteiger partial charge in [-0.2, -0.15) is 15.6 Å². The van der Waals surface area contributed by atoms with Crippen LogP contribution in [-0.2, 0) is 14.8 Å². The van der Waals surface area contributed by atoms with Crippen LogP contribution in [0.1, 0.15) is 23.4 Å². The van der Waals surface area contributed by atoms with Crippen molar-refractivity contribution in [2.24, 2.45) is 0 Å². The summed E-state index contributed by atoms with van der Waals surface area (Å²) in [7, 11) is -4.08. The first-order valence-corrected chi connectivity index (χ1v) is 9.46. The lowest BCUT2D eigenvalue weighted by atomic mass is 10.2. The predicted molar refractivity (Wildman–Crippen MR) is 85.5 cm³/mol. The number of sulfonamides is 1. The fourth-order valence-electron chi connectivity index (χ4n) is 2.54. The quantitative estimate of drug-likeness (QED) is 0.829. The summed E-state index contributed by atoms with van der Waals surface area (Å²) in [6.07, 6.45) is 0.926. The fraction of sp³-hybridized carbons (Fsp3) is 0.286. The van der Waals surface area contributed by atoms with E-state index in [1.807, 2.05) is 0 Å². The van der Waals surface area contributed by atoms with Gasteiger partial charge in [0, 0.05) is 11.9 Å². The molecule has 1 amide bonds. The second-order valence-electron chi connectivity index (χ2n) is 5.20. The van der Waals surface area contributed by atoms with Crippen LogP contribution in [0.15, 0.2) is 38.5 Å². The van der Waals surface area contributed by atoms with Gasteiger partial charge in [-0.3, -0.25) is 4.79 Å². The van der Waals surface area contributed by atoms with Gasteiger partial charge in [-0.15, -0.1) is 0 Å². The highest BCUT2D eigenvalue weighted by atomic mass is 32.2. The third-order valence-corrected chi connectivity index (χ3v) is 6.12. The summed E-state index contributed by atoms with van der Waals surface area (Å²) in [5, 5.41) is 14.6. The zero-order valence-corrected chi connectivity index (χ0v) is 14.0. The lowest BCUT2D eigenvalue weighted by Crippen LogP contribution is -2.42. The van der Waals surface area contributed by atoms with Gasteiger partial charge in [0.1, 0.15) is 6.04 Å². The number of hydrogen-bond acceptors (Lipinski definition) is 6. The molecule has 0 spiro atoms. The van der Waals surface area contributed by atoms with Gasteiger partial charge in [-0.25, -0.2) is 13.2 Å². The van der Waals surface area contributed by atoms with Crippen LogP contribution in [0, 0.1) is 0 Å². The van der Waals surface area contributed by atoms with E-state index in [-0.39, 0.29) is 6.54 Å². The minimum atomic E-state index is -4.08. The lowest BCUT2D eigenvalue weighted by molar-refractivity contribution is -0.119. The Labute approximate surface area is 141 Å². The van der Waals surface area contributed by atoms with E-state index in [1.165, 1.54) is 11.3 Å². The molecule has 2 aromatic heterocycles. The van der Waals surface area contributed by atoms with E-state index in [1.54, 1.807) is 16.8 Å². The summed E-state index contributed by atoms with van der Waals surface area (Å²) >= 11 is 1.42. The fourth-order valence-corrected chi connectivity index (χ4v) is 4.70. The van der Waals surface area contributed by atoms with Gasteiger partial charge in [0.05, 0.1) is 5.69 Å². The Morgan fingerprint density at radius 1 is 1.33 bits per heavy atom. The SMILES string of the molecule is O=C(O)c1ccc(S(=O)(=O)N2CCCC2C(=O)Nc2ccsc2)o1. The summed E-state index contributed by atoms with van der Waals surface area (Å²) in [5.74, 6) is -2.24. The first kappa shape index (κ1) is 16.7. The highest BCUT2D eigenvalue weighted by Gasteiger charge is 2.41. The standard InChI is InChI=1S/C14H14N2O6S2/c17-13(15-9-5-7-23-8-9)10-2-1-6-16(10)24(20,21)12-4-3-11(22-12)14(18)19/h3-5,7-8,10H,1-2,6H2,(H,15,17)(H,18,19). The molecule has 0 saturated carbocycles. The summed E-state index contributed by atoms with van der Waals surface area (Å²) in [4.78, 5) is 23.2. The molecule has 1 unspecified atom stereocenters. The van der Waals surface area contributed by atoms with E-state index in [0.29, 0.717) is 18.5 Å². The second kappa shape index (κ2) is 6.38. The van der Waals surface area contributed by atoms with Crippen molar-refractivity contribution in [3.8, 4) is 0 Å². The van der Waals surface area contributed by atoms with Gasteiger partial charge in [-0.05, 0) is 36.4 Å². The van der Waals surface area contributed by atoms with Gasteiger partial charge < -0.3 is 14.8 Å². The molecule has 1 aliphatic rings. The third-order valence-electron chi connectivity index (χ3n) is 3.65. The number of amides is 1. The molecular weight excluding hydrogens is 356 g/mol. The van der Waals surface area contributed by atoms with E-state index in [9.17, 15) is 18.0 Å². The van der Waals surface area contributed by atoms with Crippen molar-refractivity contribution in [1.82, 2.24) is 4.31 Å². The number of aromatic carboxylic acids is 1. The number of carboxylic acids is 1. The first-order chi connectivity index (χ1) is 11.4. The van der Waals surface area contributed by atoms with E-state index in [2.05, 4.69) is 5.32 Å². The number of thiophene rings is 1. The number of nitrogens with one attached hydrogen (secondary N) is 1. The molecule has 2 aromatic rings. The van der Waals surface area contributed by atoms with Crippen molar-refractivity contribution in [1.29, 1.82) is 0 Å². The Bertz CT molecular complexity index is 856. The van der Waals surface area contributed by atoms with Gasteiger partial charge in [0.25, 0.3) is 10.0 Å². The van der Waals surface area contributed by atoms with Crippen molar-refractivity contribution >= 4 is 38.9 Å². The number of furan rings is 1. The zero-order chi connectivity index (χ0) is 17.3. The normalized spacial score (nSPS) is 18.6. The maximum absolute atomic E-state index is 12.6. The van der Waals surface area contributed by atoms with Crippen LogP contribution < -0.4 is 5.32 Å². The lowest BCUT2D eigenvalue weighted by Gasteiger charge is -2.21. The number of hydrogen-bond donors (Lipinski definition) is 2. The monoisotopic (exact) mass is 370 g/mol. The Hall–Kier alpha value is -2.17. The molecule has 2 N–H and O–H groups in total. The van der Waals surface area contributed by atoms with Crippen LogP contribution >= 0.6 is 11.3 Å². The number of anilines is 1. The molecule has 1 fully saturated rings. The first-order valence-electron chi connectivity index (χ1n) is 7.07. The van der Waals surface area contributed by atoms with E-state index in [4.69, 9.17) is 9.52 Å². The van der Waals surface area contributed by atoms with Crippen LogP contribution in [0.3, 0.4) is 0 Å². The second-order valence-corrected chi connectivity index (χ2v) is 7.80. The maximum atomic E-state index is 12.6. The molecule has 10 heteroatoms. The average molecular weight is 370 g/mol. The van der Waals surface area contributed by atoms with Crippen LogP contribution in [0.25, 0.3) is 0 Å². The van der Waals surface area contributed by atoms with Crippen LogP contribution in [-0.4, -0.2) is 42.3 Å². The van der Waals surface area contributed by atoms with Crippen molar-refractivity contribution in [2.75, 3.05) is 11.9 Å². The van der Waals surface area contributed by atoms with Gasteiger partial charge in [0.15, 0.2) is 0 Å². The van der Waals surface area contributed by atoms with E-state index in [0.717, 1.165) is 16.4 Å². The number of carbonyl (C=O) groups excluding carboxylic acids is 1. The molecule has 0 aromatic carbocycles. The van der Waals surface area contributed by atoms with Crippen molar-refractivity contribution in [3.05, 3.63) is 34.7 Å². The molecule has 0 bridgehead atoms. The Balaban J connectivity index is 1.83. The van der Waals surface area contributed by atoms with Crippen LogP contribution in [0.5, 0.6) is 0 Å². The Morgan fingerprint density at radius 3 is 2.75 bits per heavy atom. The predicted octanol–water partition coefficient (Wildman–Crippen LogP) is 1.83. The molecule has 1 atom stereocenters. The van der Waals surface area contributed by atoms with Crippen LogP contribution in [0.2, 0.25) is 0 Å². The molecule has 24 heavy (non-hydrogen) atoms. The summed E-state index contributed by atoms with van der Waals surface area (Å²) in [6.45, 7) is 0.174. The van der Waals surface area contributed by atoms with Gasteiger partial charge in [-0.1, -0.05) is 0 Å². The molecule has 3 rings (SSSR count). The Kier molecular flexibility index (Phi) is 4.43. The van der Waals surface area contributed by atoms with E-state index < -0.39 is 38.8 Å². The van der Waals surface area contributed by atoms with Gasteiger partial charge in [0.2, 0.25) is 16.8 Å². The largest absolute Gasteiger partial charge is 0.475 e. The third kappa shape index (κ3) is 3.07. The van der Waals surface area contributed by atoms with Crippen molar-refractivity contribution in [2.45, 2.75) is 24.0 Å². The van der Waals surface area contributed by atoms with E-state index >= 15 is 0 Å². The molecule has 0 radical (unpaired) electrons. The zero-order valence-electron chi connectivity index (χ0n) is 12.3. The number of carbonyl (C=O) groups is 2. The molecule has 8 nitrogen and oxygen atoms in total. The van der Waals surface area contributed by atoms with Crippen molar-refractivity contribution in [3.63, 3.8) is 0 Å². The highest BCUT2D eigenvalue weighted by Crippen LogP contribution is 2.28. The summed E-state index contributed by atoms with van der Waals surface area (Å²) < 4.78 is 31.2. The molecule has 1 aliphatic heterocycles. The minimum Gasteiger partial charge on any atom is -0.475 e. The smallest absolute Gasteiger partial charge is 0.371 e. The summed E-state index contributed by atoms with van der Waals surface area (Å²) in [5.41, 5.74) is 0.611. The number of nitrogens with zero attached hydrogens (tertiary/aromatic N) is 1. The number of rotatable bonds is 5. The molecule has 128 valence electrons. The molecule has 0 aliphatic carbocycles. The Morgan fingerprint density at radius 2 is 2.12 bits per heavy atom. The molecule has 3 heterocycles. The average Bonchev–Trinajstić information content (AvgIpc) is 3.27. The van der Waals surface area contributed by atoms with Crippen molar-refractivity contribution < 1.29 is 27.5 Å². The maximum Gasteiger partial charge on any atom is 0.371 e. The molecular formula is C14H14N2O6S2. The summed E-state index contributed by atoms with van der Waals surface area (Å²) in [6, 6.07) is 3.03.